The molecule has 94 valence electrons. The van der Waals surface area contributed by atoms with Gasteiger partial charge in [0.15, 0.2) is 0 Å². The predicted molar refractivity (Wildman–Crippen MR) is 73.5 cm³/mol. The highest BCUT2D eigenvalue weighted by Gasteiger charge is 2.23. The zero-order valence-electron chi connectivity index (χ0n) is 11.4. The molecule has 2 nitrogen and oxygen atoms in total. The average Bonchev–Trinajstić information content (AvgIpc) is 3.05. The van der Waals surface area contributed by atoms with E-state index in [2.05, 4.69) is 50.6 Å². The normalized spacial score (nSPS) is 17.2. The van der Waals surface area contributed by atoms with Crippen LogP contribution in [0.1, 0.15) is 41.1 Å². The summed E-state index contributed by atoms with van der Waals surface area (Å²) < 4.78 is 0. The fourth-order valence-corrected chi connectivity index (χ4v) is 2.66. The summed E-state index contributed by atoms with van der Waals surface area (Å²) in [6.45, 7) is 7.64. The molecule has 1 saturated carbocycles. The van der Waals surface area contributed by atoms with E-state index in [0.29, 0.717) is 6.04 Å². The van der Waals surface area contributed by atoms with Crippen LogP contribution in [-0.2, 0) is 0 Å². The zero-order chi connectivity index (χ0) is 12.4. The molecule has 1 aliphatic carbocycles. The monoisotopic (exact) mass is 232 g/mol. The maximum absolute atomic E-state index is 3.61. The molecule has 0 spiro atoms. The van der Waals surface area contributed by atoms with Gasteiger partial charge in [-0.1, -0.05) is 17.7 Å². The Morgan fingerprint density at radius 2 is 1.76 bits per heavy atom. The third-order valence-corrected chi connectivity index (χ3v) is 3.62. The maximum Gasteiger partial charge on any atom is 0.0449 e. The number of hydrogen-bond donors (Lipinski definition) is 2. The van der Waals surface area contributed by atoms with Crippen LogP contribution >= 0.6 is 0 Å². The Hall–Kier alpha value is -0.860. The molecule has 0 amide bonds. The minimum atomic E-state index is 0.427. The van der Waals surface area contributed by atoms with Gasteiger partial charge in [-0.2, -0.15) is 0 Å². The van der Waals surface area contributed by atoms with Crippen molar-refractivity contribution in [2.45, 2.75) is 45.7 Å². The first-order chi connectivity index (χ1) is 8.11. The van der Waals surface area contributed by atoms with E-state index in [9.17, 15) is 0 Å². The predicted octanol–water partition coefficient (Wildman–Crippen LogP) is 2.62. The number of aryl methyl sites for hydroxylation is 3. The first-order valence-electron chi connectivity index (χ1n) is 6.60. The molecule has 0 saturated heterocycles. The molecule has 0 aliphatic heterocycles. The molecule has 17 heavy (non-hydrogen) atoms. The van der Waals surface area contributed by atoms with E-state index in [0.717, 1.165) is 12.6 Å². The van der Waals surface area contributed by atoms with Gasteiger partial charge in [-0.25, -0.2) is 0 Å². The molecule has 0 bridgehead atoms. The van der Waals surface area contributed by atoms with Crippen LogP contribution in [0, 0.1) is 20.8 Å². The molecule has 0 aromatic heterocycles. The number of benzene rings is 1. The summed E-state index contributed by atoms with van der Waals surface area (Å²) in [5, 5.41) is 7.05. The van der Waals surface area contributed by atoms with Crippen molar-refractivity contribution in [3.05, 3.63) is 34.4 Å². The topological polar surface area (TPSA) is 24.1 Å². The van der Waals surface area contributed by atoms with E-state index in [1.165, 1.54) is 35.1 Å². The highest BCUT2D eigenvalue weighted by molar-refractivity contribution is 5.39. The number of rotatable bonds is 5. The Morgan fingerprint density at radius 3 is 2.24 bits per heavy atom. The summed E-state index contributed by atoms with van der Waals surface area (Å²) in [5.41, 5.74) is 5.62. The van der Waals surface area contributed by atoms with E-state index >= 15 is 0 Å². The first kappa shape index (κ1) is 12.6. The largest absolute Gasteiger partial charge is 0.312 e. The van der Waals surface area contributed by atoms with Crippen LogP contribution in [-0.4, -0.2) is 19.6 Å². The van der Waals surface area contributed by atoms with Gasteiger partial charge < -0.3 is 10.6 Å². The van der Waals surface area contributed by atoms with Crippen LogP contribution in [0.15, 0.2) is 12.1 Å². The standard InChI is InChI=1S/C15H24N2/c1-10-7-11(2)15(12(3)8-10)14(16-4)9-17-13-5-6-13/h7-8,13-14,16-17H,5-6,9H2,1-4H3. The van der Waals surface area contributed by atoms with Gasteiger partial charge in [0.25, 0.3) is 0 Å². The van der Waals surface area contributed by atoms with Gasteiger partial charge in [0, 0.05) is 18.6 Å². The Kier molecular flexibility index (Phi) is 3.85. The third kappa shape index (κ3) is 3.08. The van der Waals surface area contributed by atoms with Crippen LogP contribution in [0.25, 0.3) is 0 Å². The van der Waals surface area contributed by atoms with E-state index in [4.69, 9.17) is 0 Å². The van der Waals surface area contributed by atoms with E-state index in [1.807, 2.05) is 0 Å². The fraction of sp³-hybridized carbons (Fsp3) is 0.600. The van der Waals surface area contributed by atoms with Crippen LogP contribution in [0.2, 0.25) is 0 Å². The first-order valence-corrected chi connectivity index (χ1v) is 6.60. The highest BCUT2D eigenvalue weighted by Crippen LogP contribution is 2.25. The summed E-state index contributed by atoms with van der Waals surface area (Å²) in [6, 6.07) is 5.77. The van der Waals surface area contributed by atoms with Gasteiger partial charge in [-0.3, -0.25) is 0 Å². The molecule has 1 aromatic carbocycles. The van der Waals surface area contributed by atoms with Gasteiger partial charge in [0.1, 0.15) is 0 Å². The van der Waals surface area contributed by atoms with Crippen molar-refractivity contribution in [3.63, 3.8) is 0 Å². The second-order valence-corrected chi connectivity index (χ2v) is 5.34. The van der Waals surface area contributed by atoms with Gasteiger partial charge in [-0.05, 0) is 57.4 Å². The molecule has 0 radical (unpaired) electrons. The third-order valence-electron chi connectivity index (χ3n) is 3.62. The number of nitrogens with one attached hydrogen (secondary N) is 2. The maximum atomic E-state index is 3.61. The summed E-state index contributed by atoms with van der Waals surface area (Å²) >= 11 is 0. The van der Waals surface area contributed by atoms with Crippen molar-refractivity contribution in [1.29, 1.82) is 0 Å². The van der Waals surface area contributed by atoms with Crippen LogP contribution in [0.4, 0.5) is 0 Å². The van der Waals surface area contributed by atoms with Gasteiger partial charge in [0.05, 0.1) is 0 Å². The highest BCUT2D eigenvalue weighted by atomic mass is 15.0. The summed E-state index contributed by atoms with van der Waals surface area (Å²) in [6.07, 6.45) is 2.70. The lowest BCUT2D eigenvalue weighted by atomic mass is 9.94. The Bertz CT molecular complexity index is 371. The van der Waals surface area contributed by atoms with Crippen molar-refractivity contribution in [1.82, 2.24) is 10.6 Å². The molecular weight excluding hydrogens is 208 g/mol. The minimum absolute atomic E-state index is 0.427. The number of hydrogen-bond acceptors (Lipinski definition) is 2. The molecule has 0 heterocycles. The second kappa shape index (κ2) is 5.19. The molecule has 1 aromatic rings. The van der Waals surface area contributed by atoms with Crippen LogP contribution in [0.3, 0.4) is 0 Å². The SMILES string of the molecule is CNC(CNC1CC1)c1c(C)cc(C)cc1C. The molecule has 1 aliphatic rings. The van der Waals surface area contributed by atoms with Crippen molar-refractivity contribution < 1.29 is 0 Å². The molecule has 2 heteroatoms. The van der Waals surface area contributed by atoms with Crippen molar-refractivity contribution in [2.75, 3.05) is 13.6 Å². The van der Waals surface area contributed by atoms with E-state index in [1.54, 1.807) is 0 Å². The molecular formula is C15H24N2. The zero-order valence-corrected chi connectivity index (χ0v) is 11.4. The lowest BCUT2D eigenvalue weighted by molar-refractivity contribution is 0.522. The lowest BCUT2D eigenvalue weighted by Gasteiger charge is -2.22. The second-order valence-electron chi connectivity index (χ2n) is 5.34. The van der Waals surface area contributed by atoms with Gasteiger partial charge >= 0.3 is 0 Å². The Balaban J connectivity index is 2.16. The molecule has 1 fully saturated rings. The van der Waals surface area contributed by atoms with Crippen LogP contribution < -0.4 is 10.6 Å². The van der Waals surface area contributed by atoms with Gasteiger partial charge in [-0.15, -0.1) is 0 Å². The molecule has 1 unspecified atom stereocenters. The average molecular weight is 232 g/mol. The summed E-state index contributed by atoms with van der Waals surface area (Å²) in [5.74, 6) is 0. The fourth-order valence-electron chi connectivity index (χ4n) is 2.66. The number of likely N-dealkylation sites (N-methyl/N-ethyl adjacent to an activating group) is 1. The van der Waals surface area contributed by atoms with E-state index < -0.39 is 0 Å². The quantitative estimate of drug-likeness (QED) is 0.815. The summed E-state index contributed by atoms with van der Waals surface area (Å²) in [4.78, 5) is 0. The van der Waals surface area contributed by atoms with Crippen molar-refractivity contribution >= 4 is 0 Å². The van der Waals surface area contributed by atoms with Crippen molar-refractivity contribution in [2.24, 2.45) is 0 Å². The molecule has 1 atom stereocenters. The van der Waals surface area contributed by atoms with E-state index in [-0.39, 0.29) is 0 Å². The smallest absolute Gasteiger partial charge is 0.0449 e. The van der Waals surface area contributed by atoms with Gasteiger partial charge in [0.2, 0.25) is 0 Å². The molecule has 2 rings (SSSR count). The Labute approximate surface area is 105 Å². The Morgan fingerprint density at radius 1 is 1.18 bits per heavy atom. The van der Waals surface area contributed by atoms with Crippen molar-refractivity contribution in [3.8, 4) is 0 Å². The van der Waals surface area contributed by atoms with Crippen LogP contribution in [0.5, 0.6) is 0 Å². The minimum Gasteiger partial charge on any atom is -0.312 e. The summed E-state index contributed by atoms with van der Waals surface area (Å²) in [7, 11) is 2.05. The molecule has 2 N–H and O–H groups in total. The lowest BCUT2D eigenvalue weighted by Crippen LogP contribution is -2.31.